The van der Waals surface area contributed by atoms with Gasteiger partial charge in [0.1, 0.15) is 11.4 Å². The van der Waals surface area contributed by atoms with Crippen LogP contribution in [0.2, 0.25) is 0 Å². The first-order valence-corrected chi connectivity index (χ1v) is 6.72. The molecule has 2 aromatic heterocycles. The Morgan fingerprint density at radius 1 is 1.19 bits per heavy atom. The molecule has 0 saturated carbocycles. The number of anilines is 1. The molecular weight excluding hydrogens is 264 g/mol. The highest BCUT2D eigenvalue weighted by Crippen LogP contribution is 2.18. The number of aryl methyl sites for hydroxylation is 1. The van der Waals surface area contributed by atoms with E-state index in [1.807, 2.05) is 43.5 Å². The Hall–Kier alpha value is -2.82. The molecule has 2 heterocycles. The summed E-state index contributed by atoms with van der Waals surface area (Å²) in [5, 5.41) is 17.3. The molecule has 106 valence electrons. The second-order valence-electron chi connectivity index (χ2n) is 4.77. The third-order valence-corrected chi connectivity index (χ3v) is 3.16. The second kappa shape index (κ2) is 5.66. The number of aromatic hydroxyl groups is 1. The lowest BCUT2D eigenvalue weighted by atomic mass is 10.2. The number of pyridine rings is 1. The number of hydrogen-bond donors (Lipinski definition) is 2. The predicted octanol–water partition coefficient (Wildman–Crippen LogP) is 2.89. The van der Waals surface area contributed by atoms with Gasteiger partial charge in [0.2, 0.25) is 0 Å². The molecule has 2 N–H and O–H groups in total. The van der Waals surface area contributed by atoms with Crippen molar-refractivity contribution < 1.29 is 5.11 Å². The molecule has 0 saturated heterocycles. The fourth-order valence-corrected chi connectivity index (χ4v) is 2.10. The van der Waals surface area contributed by atoms with Gasteiger partial charge >= 0.3 is 0 Å². The van der Waals surface area contributed by atoms with Crippen LogP contribution in [0.4, 0.5) is 5.69 Å². The molecule has 1 aromatic carbocycles. The van der Waals surface area contributed by atoms with Crippen LogP contribution in [-0.2, 0) is 6.54 Å². The third kappa shape index (κ3) is 3.02. The Morgan fingerprint density at radius 3 is 2.90 bits per heavy atom. The maximum atomic E-state index is 9.80. The molecule has 21 heavy (non-hydrogen) atoms. The molecule has 3 rings (SSSR count). The molecule has 0 aliphatic carbocycles. The molecule has 0 unspecified atom stereocenters. The summed E-state index contributed by atoms with van der Waals surface area (Å²) >= 11 is 0. The van der Waals surface area contributed by atoms with E-state index in [2.05, 4.69) is 15.4 Å². The van der Waals surface area contributed by atoms with Gasteiger partial charge in [-0.3, -0.25) is 4.98 Å². The highest BCUT2D eigenvalue weighted by molar-refractivity contribution is 5.51. The monoisotopic (exact) mass is 280 g/mol. The van der Waals surface area contributed by atoms with Crippen LogP contribution in [-0.4, -0.2) is 19.9 Å². The number of nitrogens with zero attached hydrogens (tertiary/aromatic N) is 3. The number of hydrogen-bond acceptors (Lipinski definition) is 4. The highest BCUT2D eigenvalue weighted by atomic mass is 16.3. The first-order chi connectivity index (χ1) is 10.2. The summed E-state index contributed by atoms with van der Waals surface area (Å²) in [4.78, 5) is 4.33. The van der Waals surface area contributed by atoms with Gasteiger partial charge in [0.25, 0.3) is 0 Å². The van der Waals surface area contributed by atoms with Crippen LogP contribution in [0.15, 0.2) is 54.9 Å². The summed E-state index contributed by atoms with van der Waals surface area (Å²) in [6, 6.07) is 13.3. The largest absolute Gasteiger partial charge is 0.506 e. The minimum absolute atomic E-state index is 0.205. The average molecular weight is 280 g/mol. The molecule has 0 amide bonds. The van der Waals surface area contributed by atoms with E-state index in [1.54, 1.807) is 23.0 Å². The zero-order valence-electron chi connectivity index (χ0n) is 11.7. The van der Waals surface area contributed by atoms with Gasteiger partial charge in [-0.05, 0) is 43.3 Å². The van der Waals surface area contributed by atoms with Gasteiger partial charge in [-0.2, -0.15) is 5.10 Å². The van der Waals surface area contributed by atoms with Crippen molar-refractivity contribution in [2.75, 3.05) is 5.32 Å². The van der Waals surface area contributed by atoms with Crippen LogP contribution >= 0.6 is 0 Å². The van der Waals surface area contributed by atoms with Crippen molar-refractivity contribution >= 4 is 5.69 Å². The topological polar surface area (TPSA) is 63.0 Å². The van der Waals surface area contributed by atoms with Gasteiger partial charge < -0.3 is 10.4 Å². The summed E-state index contributed by atoms with van der Waals surface area (Å²) in [5.41, 5.74) is 3.45. The van der Waals surface area contributed by atoms with Crippen molar-refractivity contribution in [2.24, 2.45) is 0 Å². The first kappa shape index (κ1) is 13.2. The fraction of sp³-hybridized carbons (Fsp3) is 0.125. The lowest BCUT2D eigenvalue weighted by Gasteiger charge is -2.10. The molecule has 0 spiro atoms. The zero-order valence-corrected chi connectivity index (χ0v) is 11.7. The smallest absolute Gasteiger partial charge is 0.138 e. The fourth-order valence-electron chi connectivity index (χ4n) is 2.10. The van der Waals surface area contributed by atoms with Crippen LogP contribution in [0.1, 0.15) is 11.4 Å². The summed E-state index contributed by atoms with van der Waals surface area (Å²) < 4.78 is 1.80. The molecule has 0 radical (unpaired) electrons. The standard InChI is InChI=1S/C16H16N4O/c1-12-6-7-16(21)15(19-12)11-17-13-4-2-5-14(10-13)20-9-3-8-18-20/h2-10,17,21H,11H2,1H3. The van der Waals surface area contributed by atoms with E-state index in [1.165, 1.54) is 0 Å². The van der Waals surface area contributed by atoms with Crippen molar-refractivity contribution in [1.82, 2.24) is 14.8 Å². The predicted molar refractivity (Wildman–Crippen MR) is 81.5 cm³/mol. The molecule has 0 bridgehead atoms. The normalized spacial score (nSPS) is 10.5. The lowest BCUT2D eigenvalue weighted by molar-refractivity contribution is 0.464. The average Bonchev–Trinajstić information content (AvgIpc) is 3.03. The number of benzene rings is 1. The maximum Gasteiger partial charge on any atom is 0.138 e. The Morgan fingerprint density at radius 2 is 2.10 bits per heavy atom. The molecule has 5 heteroatoms. The zero-order chi connectivity index (χ0) is 14.7. The summed E-state index contributed by atoms with van der Waals surface area (Å²) in [7, 11) is 0. The highest BCUT2D eigenvalue weighted by Gasteiger charge is 2.04. The van der Waals surface area contributed by atoms with E-state index in [-0.39, 0.29) is 5.75 Å². The van der Waals surface area contributed by atoms with Crippen LogP contribution in [0.5, 0.6) is 5.75 Å². The van der Waals surface area contributed by atoms with E-state index in [0.717, 1.165) is 17.1 Å². The van der Waals surface area contributed by atoms with Gasteiger partial charge in [0.05, 0.1) is 12.2 Å². The van der Waals surface area contributed by atoms with Crippen molar-refractivity contribution in [3.8, 4) is 11.4 Å². The van der Waals surface area contributed by atoms with Crippen LogP contribution in [0.25, 0.3) is 5.69 Å². The molecule has 0 aliphatic heterocycles. The van der Waals surface area contributed by atoms with Crippen LogP contribution in [0, 0.1) is 6.92 Å². The quantitative estimate of drug-likeness (QED) is 0.771. The summed E-state index contributed by atoms with van der Waals surface area (Å²) in [5.74, 6) is 0.205. The molecule has 0 atom stereocenters. The Kier molecular flexibility index (Phi) is 3.55. The van der Waals surface area contributed by atoms with Crippen molar-refractivity contribution in [3.63, 3.8) is 0 Å². The van der Waals surface area contributed by atoms with Gasteiger partial charge in [0, 0.05) is 23.8 Å². The minimum atomic E-state index is 0.205. The molecular formula is C16H16N4O. The minimum Gasteiger partial charge on any atom is -0.506 e. The maximum absolute atomic E-state index is 9.80. The van der Waals surface area contributed by atoms with Gasteiger partial charge in [-0.25, -0.2) is 4.68 Å². The molecule has 5 nitrogen and oxygen atoms in total. The van der Waals surface area contributed by atoms with Crippen molar-refractivity contribution in [2.45, 2.75) is 13.5 Å². The second-order valence-corrected chi connectivity index (χ2v) is 4.77. The Balaban J connectivity index is 1.76. The summed E-state index contributed by atoms with van der Waals surface area (Å²) in [6.45, 7) is 2.37. The van der Waals surface area contributed by atoms with Crippen molar-refractivity contribution in [1.29, 1.82) is 0 Å². The van der Waals surface area contributed by atoms with Crippen LogP contribution < -0.4 is 5.32 Å². The van der Waals surface area contributed by atoms with Gasteiger partial charge in [-0.1, -0.05) is 6.07 Å². The molecule has 3 aromatic rings. The number of rotatable bonds is 4. The SMILES string of the molecule is Cc1ccc(O)c(CNc2cccc(-n3cccn3)c2)n1. The van der Waals surface area contributed by atoms with E-state index < -0.39 is 0 Å². The van der Waals surface area contributed by atoms with E-state index in [9.17, 15) is 5.11 Å². The lowest BCUT2D eigenvalue weighted by Crippen LogP contribution is -2.03. The van der Waals surface area contributed by atoms with E-state index >= 15 is 0 Å². The van der Waals surface area contributed by atoms with E-state index in [4.69, 9.17) is 0 Å². The Labute approximate surface area is 122 Å². The van der Waals surface area contributed by atoms with Crippen LogP contribution in [0.3, 0.4) is 0 Å². The Bertz CT molecular complexity index is 738. The molecule has 0 aliphatic rings. The molecule has 0 fully saturated rings. The third-order valence-electron chi connectivity index (χ3n) is 3.16. The number of nitrogens with one attached hydrogen (secondary N) is 1. The first-order valence-electron chi connectivity index (χ1n) is 6.72. The van der Waals surface area contributed by atoms with Crippen molar-refractivity contribution in [3.05, 3.63) is 66.2 Å². The number of aromatic nitrogens is 3. The van der Waals surface area contributed by atoms with Gasteiger partial charge in [-0.15, -0.1) is 0 Å². The van der Waals surface area contributed by atoms with Gasteiger partial charge in [0.15, 0.2) is 0 Å². The summed E-state index contributed by atoms with van der Waals surface area (Å²) in [6.07, 6.45) is 3.64. The van der Waals surface area contributed by atoms with E-state index in [0.29, 0.717) is 12.2 Å².